The lowest BCUT2D eigenvalue weighted by molar-refractivity contribution is -0.736. The van der Waals surface area contributed by atoms with Crippen LogP contribution in [0, 0.1) is 10.8 Å². The van der Waals surface area contributed by atoms with Crippen LogP contribution in [0.15, 0.2) is 18.7 Å². The van der Waals surface area contributed by atoms with Gasteiger partial charge in [0.25, 0.3) is 0 Å². The van der Waals surface area contributed by atoms with Gasteiger partial charge >= 0.3 is 0 Å². The van der Waals surface area contributed by atoms with E-state index in [-0.39, 0.29) is 0 Å². The maximum Gasteiger partial charge on any atom is 0.241 e. The van der Waals surface area contributed by atoms with Crippen LogP contribution in [-0.2, 0) is 0 Å². The fourth-order valence-electron chi connectivity index (χ4n) is 1.93. The van der Waals surface area contributed by atoms with Gasteiger partial charge in [0, 0.05) is 5.41 Å². The van der Waals surface area contributed by atoms with Gasteiger partial charge in [0.1, 0.15) is 18.4 Å². The van der Waals surface area contributed by atoms with E-state index in [1.807, 2.05) is 6.20 Å². The second kappa shape index (κ2) is 3.99. The average molecular weight is 209 g/mol. The summed E-state index contributed by atoms with van der Waals surface area (Å²) >= 11 is 0. The Balaban J connectivity index is 2.90. The van der Waals surface area contributed by atoms with E-state index >= 15 is 0 Å². The maximum absolute atomic E-state index is 3.13. The number of imidazole rings is 1. The van der Waals surface area contributed by atoms with Crippen LogP contribution >= 0.6 is 0 Å². The number of hydrogen-bond acceptors (Lipinski definition) is 0. The predicted molar refractivity (Wildman–Crippen MR) is 63.6 cm³/mol. The first-order valence-electron chi connectivity index (χ1n) is 5.74. The zero-order valence-corrected chi connectivity index (χ0v) is 11.0. The van der Waals surface area contributed by atoms with Gasteiger partial charge in [-0.25, -0.2) is 4.57 Å². The summed E-state index contributed by atoms with van der Waals surface area (Å²) in [7, 11) is 0. The SMILES string of the molecule is CC(C)(C)CC([n+]1cc[nH]c1)C(C)(C)C. The molecule has 1 aromatic rings. The number of aromatic nitrogens is 2. The second-order valence-electron chi connectivity index (χ2n) is 6.71. The molecule has 0 fully saturated rings. The normalized spacial score (nSPS) is 15.3. The summed E-state index contributed by atoms with van der Waals surface area (Å²) < 4.78 is 2.30. The highest BCUT2D eigenvalue weighted by atomic mass is 15.1. The summed E-state index contributed by atoms with van der Waals surface area (Å²) in [5.41, 5.74) is 0.655. The van der Waals surface area contributed by atoms with Gasteiger partial charge in [-0.05, 0) is 11.8 Å². The first-order valence-corrected chi connectivity index (χ1v) is 5.74. The molecule has 1 heterocycles. The number of nitrogens with one attached hydrogen (secondary N) is 1. The molecular weight excluding hydrogens is 184 g/mol. The molecule has 86 valence electrons. The van der Waals surface area contributed by atoms with Crippen LogP contribution in [-0.4, -0.2) is 4.98 Å². The molecule has 1 unspecified atom stereocenters. The molecule has 0 radical (unpaired) electrons. The van der Waals surface area contributed by atoms with E-state index in [1.165, 1.54) is 6.42 Å². The van der Waals surface area contributed by atoms with E-state index in [0.717, 1.165) is 0 Å². The van der Waals surface area contributed by atoms with Crippen LogP contribution in [0.1, 0.15) is 54.0 Å². The number of nitrogens with zero attached hydrogens (tertiary/aromatic N) is 1. The highest BCUT2D eigenvalue weighted by molar-refractivity contribution is 4.76. The van der Waals surface area contributed by atoms with Crippen LogP contribution in [0.25, 0.3) is 0 Å². The van der Waals surface area contributed by atoms with Gasteiger partial charge in [0.05, 0.1) is 0 Å². The molecule has 2 nitrogen and oxygen atoms in total. The van der Waals surface area contributed by atoms with E-state index in [9.17, 15) is 0 Å². The summed E-state index contributed by atoms with van der Waals surface area (Å²) in [6, 6.07) is 0.545. The predicted octanol–water partition coefficient (Wildman–Crippen LogP) is 3.33. The maximum atomic E-state index is 3.13. The summed E-state index contributed by atoms with van der Waals surface area (Å²) in [6.45, 7) is 13.8. The number of H-pyrrole nitrogens is 1. The van der Waals surface area contributed by atoms with Gasteiger partial charge in [-0.3, -0.25) is 4.98 Å². The number of aromatic amines is 1. The minimum absolute atomic E-state index is 0.292. The molecule has 15 heavy (non-hydrogen) atoms. The van der Waals surface area contributed by atoms with Crippen LogP contribution in [0.4, 0.5) is 0 Å². The van der Waals surface area contributed by atoms with Crippen molar-refractivity contribution in [3.05, 3.63) is 18.7 Å². The van der Waals surface area contributed by atoms with Gasteiger partial charge < -0.3 is 0 Å². The lowest BCUT2D eigenvalue weighted by Crippen LogP contribution is -2.46. The van der Waals surface area contributed by atoms with Gasteiger partial charge in [-0.1, -0.05) is 41.5 Å². The Labute approximate surface area is 93.7 Å². The Morgan fingerprint density at radius 1 is 1.13 bits per heavy atom. The lowest BCUT2D eigenvalue weighted by atomic mass is 9.77. The molecule has 0 bridgehead atoms. The first-order chi connectivity index (χ1) is 6.70. The van der Waals surface area contributed by atoms with Crippen molar-refractivity contribution < 1.29 is 4.57 Å². The third kappa shape index (κ3) is 3.69. The number of rotatable bonds is 2. The van der Waals surface area contributed by atoms with Crippen molar-refractivity contribution in [1.82, 2.24) is 4.98 Å². The van der Waals surface area contributed by atoms with Gasteiger partial charge in [-0.15, -0.1) is 0 Å². The Morgan fingerprint density at radius 3 is 2.07 bits per heavy atom. The van der Waals surface area contributed by atoms with Crippen molar-refractivity contribution in [2.75, 3.05) is 0 Å². The highest BCUT2D eigenvalue weighted by Crippen LogP contribution is 2.35. The zero-order chi connectivity index (χ0) is 11.7. The fraction of sp³-hybridized carbons (Fsp3) is 0.769. The van der Waals surface area contributed by atoms with Gasteiger partial charge in [0.15, 0.2) is 0 Å². The van der Waals surface area contributed by atoms with Gasteiger partial charge in [-0.2, -0.15) is 0 Å². The smallest absolute Gasteiger partial charge is 0.241 e. The van der Waals surface area contributed by atoms with Crippen LogP contribution < -0.4 is 4.57 Å². The molecule has 0 aliphatic carbocycles. The molecule has 1 rings (SSSR count). The van der Waals surface area contributed by atoms with Crippen molar-refractivity contribution in [2.45, 2.75) is 54.0 Å². The van der Waals surface area contributed by atoms with Crippen LogP contribution in [0.3, 0.4) is 0 Å². The molecule has 1 N–H and O–H groups in total. The standard InChI is InChI=1S/C13H24N2/c1-12(2,3)9-11(13(4,5)6)15-8-7-14-10-15/h7-8,10-11H,9H2,1-6H3/p+1. The zero-order valence-electron chi connectivity index (χ0n) is 11.0. The van der Waals surface area contributed by atoms with Crippen molar-refractivity contribution in [2.24, 2.45) is 10.8 Å². The molecule has 2 heteroatoms. The van der Waals surface area contributed by atoms with Crippen molar-refractivity contribution in [1.29, 1.82) is 0 Å². The van der Waals surface area contributed by atoms with E-state index in [0.29, 0.717) is 16.9 Å². The molecule has 0 amide bonds. The van der Waals surface area contributed by atoms with Crippen molar-refractivity contribution >= 4 is 0 Å². The largest absolute Gasteiger partial charge is 0.250 e. The Bertz CT molecular complexity index is 285. The fourth-order valence-corrected chi connectivity index (χ4v) is 1.93. The third-order valence-corrected chi connectivity index (χ3v) is 2.73. The summed E-state index contributed by atoms with van der Waals surface area (Å²) in [5, 5.41) is 0. The van der Waals surface area contributed by atoms with Gasteiger partial charge in [0.2, 0.25) is 6.33 Å². The topological polar surface area (TPSA) is 19.7 Å². The first kappa shape index (κ1) is 12.3. The third-order valence-electron chi connectivity index (χ3n) is 2.73. The summed E-state index contributed by atoms with van der Waals surface area (Å²) in [4.78, 5) is 3.13. The van der Waals surface area contributed by atoms with Crippen molar-refractivity contribution in [3.8, 4) is 0 Å². The molecule has 0 saturated heterocycles. The van der Waals surface area contributed by atoms with E-state index in [2.05, 4.69) is 63.6 Å². The lowest BCUT2D eigenvalue weighted by Gasteiger charge is -2.32. The molecule has 0 spiro atoms. The molecule has 1 atom stereocenters. The molecule has 1 aromatic heterocycles. The average Bonchev–Trinajstić information content (AvgIpc) is 2.47. The van der Waals surface area contributed by atoms with Crippen LogP contribution in [0.5, 0.6) is 0 Å². The highest BCUT2D eigenvalue weighted by Gasteiger charge is 2.33. The minimum Gasteiger partial charge on any atom is -0.250 e. The Kier molecular flexibility index (Phi) is 3.27. The van der Waals surface area contributed by atoms with E-state index in [1.54, 1.807) is 0 Å². The molecular formula is C13H25N2+. The molecule has 0 saturated carbocycles. The summed E-state index contributed by atoms with van der Waals surface area (Å²) in [6.07, 6.45) is 7.36. The van der Waals surface area contributed by atoms with E-state index < -0.39 is 0 Å². The minimum atomic E-state index is 0.292. The second-order valence-corrected chi connectivity index (χ2v) is 6.71. The quantitative estimate of drug-likeness (QED) is 0.721. The Morgan fingerprint density at radius 2 is 1.73 bits per heavy atom. The number of hydrogen-bond donors (Lipinski definition) is 1. The van der Waals surface area contributed by atoms with Crippen LogP contribution in [0.2, 0.25) is 0 Å². The monoisotopic (exact) mass is 209 g/mol. The molecule has 0 aromatic carbocycles. The summed E-state index contributed by atoms with van der Waals surface area (Å²) in [5.74, 6) is 0. The van der Waals surface area contributed by atoms with E-state index in [4.69, 9.17) is 0 Å². The molecule has 0 aliphatic rings. The molecule has 0 aliphatic heterocycles. The Hall–Kier alpha value is -0.790. The van der Waals surface area contributed by atoms with Crippen molar-refractivity contribution in [3.63, 3.8) is 0 Å².